The molecule has 2 nitrogen and oxygen atoms in total. The van der Waals surface area contributed by atoms with Crippen LogP contribution in [0.25, 0.3) is 10.9 Å². The average molecular weight is 347 g/mol. The maximum Gasteiger partial charge on any atom is 0.137 e. The zero-order valence-corrected chi connectivity index (χ0v) is 13.3. The first-order valence-corrected chi connectivity index (χ1v) is 7.63. The van der Waals surface area contributed by atoms with Crippen molar-refractivity contribution in [2.75, 3.05) is 7.05 Å². The van der Waals surface area contributed by atoms with Gasteiger partial charge in [0.1, 0.15) is 5.82 Å². The van der Waals surface area contributed by atoms with E-state index in [2.05, 4.69) is 50.2 Å². The van der Waals surface area contributed by atoms with Crippen LogP contribution in [-0.2, 0) is 13.1 Å². The van der Waals surface area contributed by atoms with Gasteiger partial charge in [0.25, 0.3) is 0 Å². The van der Waals surface area contributed by atoms with Crippen LogP contribution < -0.4 is 5.32 Å². The van der Waals surface area contributed by atoms with E-state index in [0.29, 0.717) is 4.47 Å². The minimum atomic E-state index is -0.230. The van der Waals surface area contributed by atoms with Crippen molar-refractivity contribution in [3.05, 3.63) is 70.1 Å². The van der Waals surface area contributed by atoms with Crippen molar-refractivity contribution >= 4 is 26.8 Å². The third-order valence-corrected chi connectivity index (χ3v) is 4.18. The second-order valence-corrected chi connectivity index (χ2v) is 5.93. The lowest BCUT2D eigenvalue weighted by atomic mass is 10.2. The van der Waals surface area contributed by atoms with E-state index in [0.717, 1.165) is 18.7 Å². The van der Waals surface area contributed by atoms with Gasteiger partial charge in [0.15, 0.2) is 0 Å². The molecule has 4 heteroatoms. The highest BCUT2D eigenvalue weighted by molar-refractivity contribution is 9.10. The largest absolute Gasteiger partial charge is 0.343 e. The molecule has 0 spiro atoms. The highest BCUT2D eigenvalue weighted by atomic mass is 79.9. The van der Waals surface area contributed by atoms with Crippen LogP contribution in [0.5, 0.6) is 0 Å². The van der Waals surface area contributed by atoms with E-state index >= 15 is 0 Å². The summed E-state index contributed by atoms with van der Waals surface area (Å²) in [7, 11) is 1.95. The van der Waals surface area contributed by atoms with E-state index in [-0.39, 0.29) is 5.82 Å². The lowest BCUT2D eigenvalue weighted by molar-refractivity contribution is 0.619. The number of halogens is 2. The van der Waals surface area contributed by atoms with Crippen molar-refractivity contribution in [1.82, 2.24) is 9.88 Å². The third kappa shape index (κ3) is 2.87. The van der Waals surface area contributed by atoms with E-state index in [1.54, 1.807) is 0 Å². The van der Waals surface area contributed by atoms with Gasteiger partial charge in [-0.3, -0.25) is 0 Å². The first-order chi connectivity index (χ1) is 10.2. The van der Waals surface area contributed by atoms with Crippen LogP contribution in [0.1, 0.15) is 11.1 Å². The second kappa shape index (κ2) is 6.00. The van der Waals surface area contributed by atoms with Crippen molar-refractivity contribution in [3.63, 3.8) is 0 Å². The van der Waals surface area contributed by atoms with Crippen LogP contribution in [0.15, 0.2) is 53.1 Å². The number of para-hydroxylation sites is 1. The van der Waals surface area contributed by atoms with Crippen LogP contribution in [0.3, 0.4) is 0 Å². The number of hydrogen-bond acceptors (Lipinski definition) is 1. The molecule has 1 N–H and O–H groups in total. The van der Waals surface area contributed by atoms with Gasteiger partial charge in [0.05, 0.1) is 4.47 Å². The summed E-state index contributed by atoms with van der Waals surface area (Å²) in [5.74, 6) is -0.230. The predicted molar refractivity (Wildman–Crippen MR) is 87.9 cm³/mol. The first-order valence-electron chi connectivity index (χ1n) is 6.84. The zero-order valence-electron chi connectivity index (χ0n) is 11.7. The van der Waals surface area contributed by atoms with Crippen molar-refractivity contribution in [2.45, 2.75) is 13.1 Å². The van der Waals surface area contributed by atoms with Gasteiger partial charge in [0, 0.05) is 30.2 Å². The molecule has 1 aromatic heterocycles. The molecule has 0 saturated carbocycles. The molecular weight excluding hydrogens is 331 g/mol. The average Bonchev–Trinajstić information content (AvgIpc) is 2.82. The number of benzene rings is 2. The normalized spacial score (nSPS) is 11.2. The maximum atomic E-state index is 13.3. The van der Waals surface area contributed by atoms with E-state index in [1.165, 1.54) is 22.5 Å². The Balaban J connectivity index is 2.01. The van der Waals surface area contributed by atoms with Gasteiger partial charge in [0.2, 0.25) is 0 Å². The van der Waals surface area contributed by atoms with Gasteiger partial charge < -0.3 is 9.88 Å². The van der Waals surface area contributed by atoms with Gasteiger partial charge in [-0.05, 0) is 52.3 Å². The second-order valence-electron chi connectivity index (χ2n) is 5.08. The molecule has 108 valence electrons. The number of rotatable bonds is 4. The van der Waals surface area contributed by atoms with Gasteiger partial charge in [-0.15, -0.1) is 0 Å². The smallest absolute Gasteiger partial charge is 0.137 e. The summed E-state index contributed by atoms with van der Waals surface area (Å²) in [6, 6.07) is 13.5. The fraction of sp³-hybridized carbons (Fsp3) is 0.176. The fourth-order valence-corrected chi connectivity index (χ4v) is 3.05. The standard InChI is InChI=1S/C17H16BrFN2/c1-20-9-13-11-21(17-5-3-2-4-14(13)17)10-12-6-7-16(19)15(18)8-12/h2-8,11,20H,9-10H2,1H3. The minimum absolute atomic E-state index is 0.230. The Morgan fingerprint density at radius 1 is 1.19 bits per heavy atom. The van der Waals surface area contributed by atoms with E-state index < -0.39 is 0 Å². The molecule has 0 aliphatic heterocycles. The molecule has 0 atom stereocenters. The Morgan fingerprint density at radius 2 is 2.00 bits per heavy atom. The van der Waals surface area contributed by atoms with Crippen LogP contribution in [0, 0.1) is 5.82 Å². The van der Waals surface area contributed by atoms with Crippen molar-refractivity contribution in [2.24, 2.45) is 0 Å². The monoisotopic (exact) mass is 346 g/mol. The molecule has 0 bridgehead atoms. The predicted octanol–water partition coefficient (Wildman–Crippen LogP) is 4.31. The summed E-state index contributed by atoms with van der Waals surface area (Å²) in [5, 5.41) is 4.46. The number of nitrogens with zero attached hydrogens (tertiary/aromatic N) is 1. The van der Waals surface area contributed by atoms with E-state index in [1.807, 2.05) is 25.2 Å². The molecule has 3 rings (SSSR count). The third-order valence-electron chi connectivity index (χ3n) is 3.58. The maximum absolute atomic E-state index is 13.3. The molecular formula is C17H16BrFN2. The Labute approximate surface area is 131 Å². The molecule has 0 aliphatic rings. The topological polar surface area (TPSA) is 17.0 Å². The zero-order chi connectivity index (χ0) is 14.8. The number of hydrogen-bond donors (Lipinski definition) is 1. The number of fused-ring (bicyclic) bond motifs is 1. The molecule has 0 aliphatic carbocycles. The minimum Gasteiger partial charge on any atom is -0.343 e. The molecule has 2 aromatic carbocycles. The van der Waals surface area contributed by atoms with Crippen molar-refractivity contribution < 1.29 is 4.39 Å². The lowest BCUT2D eigenvalue weighted by Gasteiger charge is -2.06. The highest BCUT2D eigenvalue weighted by Gasteiger charge is 2.08. The van der Waals surface area contributed by atoms with Crippen LogP contribution in [-0.4, -0.2) is 11.6 Å². The Hall–Kier alpha value is -1.65. The summed E-state index contributed by atoms with van der Waals surface area (Å²) in [4.78, 5) is 0. The van der Waals surface area contributed by atoms with Crippen molar-refractivity contribution in [1.29, 1.82) is 0 Å². The molecule has 0 radical (unpaired) electrons. The molecule has 21 heavy (non-hydrogen) atoms. The highest BCUT2D eigenvalue weighted by Crippen LogP contribution is 2.23. The summed E-state index contributed by atoms with van der Waals surface area (Å²) in [6.45, 7) is 1.56. The molecule has 0 unspecified atom stereocenters. The van der Waals surface area contributed by atoms with Crippen molar-refractivity contribution in [3.8, 4) is 0 Å². The van der Waals surface area contributed by atoms with E-state index in [4.69, 9.17) is 0 Å². The van der Waals surface area contributed by atoms with Gasteiger partial charge in [-0.25, -0.2) is 4.39 Å². The molecule has 0 saturated heterocycles. The van der Waals surface area contributed by atoms with Gasteiger partial charge in [-0.2, -0.15) is 0 Å². The van der Waals surface area contributed by atoms with Gasteiger partial charge in [-0.1, -0.05) is 24.3 Å². The summed E-state index contributed by atoms with van der Waals surface area (Å²) in [6.07, 6.45) is 2.17. The molecule has 1 heterocycles. The van der Waals surface area contributed by atoms with Crippen LogP contribution >= 0.6 is 15.9 Å². The summed E-state index contributed by atoms with van der Waals surface area (Å²) >= 11 is 3.24. The van der Waals surface area contributed by atoms with E-state index in [9.17, 15) is 4.39 Å². The fourth-order valence-electron chi connectivity index (χ4n) is 2.62. The number of nitrogens with one attached hydrogen (secondary N) is 1. The SMILES string of the molecule is CNCc1cn(Cc2ccc(F)c(Br)c2)c2ccccc12. The quantitative estimate of drug-likeness (QED) is 0.744. The Kier molecular flexibility index (Phi) is 4.08. The van der Waals surface area contributed by atoms with Gasteiger partial charge >= 0.3 is 0 Å². The molecule has 3 aromatic rings. The Morgan fingerprint density at radius 3 is 2.76 bits per heavy atom. The van der Waals surface area contributed by atoms with Crippen LogP contribution in [0.2, 0.25) is 0 Å². The first kappa shape index (κ1) is 14.3. The molecule has 0 fully saturated rings. The summed E-state index contributed by atoms with van der Waals surface area (Å²) in [5.41, 5.74) is 3.54. The number of aromatic nitrogens is 1. The molecule has 0 amide bonds. The summed E-state index contributed by atoms with van der Waals surface area (Å²) < 4.78 is 16.0. The Bertz CT molecular complexity index is 780. The van der Waals surface area contributed by atoms with Crippen LogP contribution in [0.4, 0.5) is 4.39 Å². The lowest BCUT2D eigenvalue weighted by Crippen LogP contribution is -2.04.